The minimum Gasteiger partial charge on any atom is -0.154 e. The molecule has 0 nitrogen and oxygen atoms in total. The highest BCUT2D eigenvalue weighted by atomic mass is 32.2. The van der Waals surface area contributed by atoms with Gasteiger partial charge in [0.25, 0.3) is 0 Å². The van der Waals surface area contributed by atoms with E-state index in [4.69, 9.17) is 0 Å². The Morgan fingerprint density at radius 1 is 1.27 bits per heavy atom. The van der Waals surface area contributed by atoms with Gasteiger partial charge in [-0.05, 0) is 12.8 Å². The zero-order valence-electron chi connectivity index (χ0n) is 7.81. The maximum absolute atomic E-state index is 3.73. The summed E-state index contributed by atoms with van der Waals surface area (Å²) in [7, 11) is 0. The van der Waals surface area contributed by atoms with E-state index >= 15 is 0 Å². The number of rotatable bonds is 7. The molecular formula is C10H20S. The van der Waals surface area contributed by atoms with E-state index in [0.29, 0.717) is 0 Å². The van der Waals surface area contributed by atoms with Crippen molar-refractivity contribution in [2.24, 2.45) is 0 Å². The first-order valence-electron chi connectivity index (χ1n) is 4.57. The second kappa shape index (κ2) is 8.19. The van der Waals surface area contributed by atoms with Crippen LogP contribution in [0.5, 0.6) is 0 Å². The average molecular weight is 172 g/mol. The highest BCUT2D eigenvalue weighted by Gasteiger charge is 2.04. The van der Waals surface area contributed by atoms with Crippen molar-refractivity contribution in [3.8, 4) is 0 Å². The molecule has 0 N–H and O–H groups in total. The number of thioether (sulfide) groups is 1. The fraction of sp³-hybridized carbons (Fsp3) is 0.800. The Labute approximate surface area is 75.5 Å². The molecule has 0 rings (SSSR count). The van der Waals surface area contributed by atoms with Gasteiger partial charge in [-0.2, -0.15) is 11.8 Å². The molecule has 0 amide bonds. The minimum atomic E-state index is 0.878. The molecule has 0 aliphatic rings. The average Bonchev–Trinajstić information content (AvgIpc) is 2.01. The summed E-state index contributed by atoms with van der Waals surface area (Å²) in [6.07, 6.45) is 7.37. The molecule has 0 saturated carbocycles. The molecule has 0 saturated heterocycles. The predicted octanol–water partition coefficient (Wildman–Crippen LogP) is 3.87. The molecular weight excluding hydrogens is 152 g/mol. The van der Waals surface area contributed by atoms with E-state index in [1.54, 1.807) is 0 Å². The number of hydrogen-bond donors (Lipinski definition) is 0. The smallest absolute Gasteiger partial charge is 0.0113 e. The molecule has 0 atom stereocenters. The third-order valence-corrected chi connectivity index (χ3v) is 3.04. The quantitative estimate of drug-likeness (QED) is 0.525. The zero-order valence-corrected chi connectivity index (χ0v) is 8.62. The van der Waals surface area contributed by atoms with Crippen LogP contribution in [0.2, 0.25) is 0 Å². The summed E-state index contributed by atoms with van der Waals surface area (Å²) in [5.74, 6) is 1.12. The maximum Gasteiger partial charge on any atom is 0.0113 e. The fourth-order valence-electron chi connectivity index (χ4n) is 1.16. The lowest BCUT2D eigenvalue weighted by atomic mass is 10.2. The molecule has 0 aromatic rings. The lowest BCUT2D eigenvalue weighted by Gasteiger charge is -2.12. The maximum atomic E-state index is 3.73. The van der Waals surface area contributed by atoms with E-state index in [1.165, 1.54) is 25.7 Å². The standard InChI is InChI=1S/C10H20S/c1-4-7-10(8-5-2)11-9-6-3/h6,10H,3-5,7-9H2,1-2H3. The third kappa shape index (κ3) is 6.49. The van der Waals surface area contributed by atoms with Crippen molar-refractivity contribution in [2.75, 3.05) is 5.75 Å². The molecule has 1 heteroatoms. The van der Waals surface area contributed by atoms with Crippen LogP contribution in [0, 0.1) is 0 Å². The van der Waals surface area contributed by atoms with E-state index in [0.717, 1.165) is 11.0 Å². The van der Waals surface area contributed by atoms with Crippen molar-refractivity contribution in [3.63, 3.8) is 0 Å². The van der Waals surface area contributed by atoms with Gasteiger partial charge in [0.1, 0.15) is 0 Å². The summed E-state index contributed by atoms with van der Waals surface area (Å²) in [6, 6.07) is 0. The zero-order chi connectivity index (χ0) is 8.53. The van der Waals surface area contributed by atoms with Gasteiger partial charge < -0.3 is 0 Å². The van der Waals surface area contributed by atoms with Crippen LogP contribution < -0.4 is 0 Å². The molecule has 0 heterocycles. The van der Waals surface area contributed by atoms with Crippen molar-refractivity contribution in [1.82, 2.24) is 0 Å². The van der Waals surface area contributed by atoms with Crippen molar-refractivity contribution >= 4 is 11.8 Å². The van der Waals surface area contributed by atoms with Crippen molar-refractivity contribution in [1.29, 1.82) is 0 Å². The first-order chi connectivity index (χ1) is 5.35. The Morgan fingerprint density at radius 3 is 2.18 bits per heavy atom. The van der Waals surface area contributed by atoms with Gasteiger partial charge in [-0.15, -0.1) is 6.58 Å². The van der Waals surface area contributed by atoms with E-state index in [1.807, 2.05) is 6.08 Å². The highest BCUT2D eigenvalue weighted by Crippen LogP contribution is 2.20. The predicted molar refractivity (Wildman–Crippen MR) is 56.3 cm³/mol. The summed E-state index contributed by atoms with van der Waals surface area (Å²) in [6.45, 7) is 8.25. The van der Waals surface area contributed by atoms with Gasteiger partial charge in [0.15, 0.2) is 0 Å². The van der Waals surface area contributed by atoms with Gasteiger partial charge in [-0.25, -0.2) is 0 Å². The van der Waals surface area contributed by atoms with Crippen molar-refractivity contribution in [3.05, 3.63) is 12.7 Å². The molecule has 0 radical (unpaired) electrons. The largest absolute Gasteiger partial charge is 0.154 e. The SMILES string of the molecule is C=CCSC(CCC)CCC. The molecule has 66 valence electrons. The molecule has 0 aliphatic carbocycles. The topological polar surface area (TPSA) is 0 Å². The van der Waals surface area contributed by atoms with Crippen LogP contribution in [-0.4, -0.2) is 11.0 Å². The number of hydrogen-bond acceptors (Lipinski definition) is 1. The summed E-state index contributed by atoms with van der Waals surface area (Å²) in [5.41, 5.74) is 0. The third-order valence-electron chi connectivity index (χ3n) is 1.67. The van der Waals surface area contributed by atoms with E-state index in [-0.39, 0.29) is 0 Å². The molecule has 0 aromatic heterocycles. The molecule has 0 fully saturated rings. The molecule has 0 spiro atoms. The lowest BCUT2D eigenvalue weighted by Crippen LogP contribution is -2.01. The van der Waals surface area contributed by atoms with Gasteiger partial charge >= 0.3 is 0 Å². The van der Waals surface area contributed by atoms with E-state index in [9.17, 15) is 0 Å². The van der Waals surface area contributed by atoms with Crippen LogP contribution in [0.3, 0.4) is 0 Å². The molecule has 0 unspecified atom stereocenters. The first kappa shape index (κ1) is 11.1. The van der Waals surface area contributed by atoms with Crippen LogP contribution >= 0.6 is 11.8 Å². The second-order valence-electron chi connectivity index (χ2n) is 2.82. The van der Waals surface area contributed by atoms with Crippen LogP contribution in [0.4, 0.5) is 0 Å². The molecule has 0 aliphatic heterocycles. The Hall–Kier alpha value is 0.0900. The Bertz CT molecular complexity index is 82.9. The van der Waals surface area contributed by atoms with E-state index < -0.39 is 0 Å². The Morgan fingerprint density at radius 2 is 1.82 bits per heavy atom. The van der Waals surface area contributed by atoms with Crippen LogP contribution in [-0.2, 0) is 0 Å². The van der Waals surface area contributed by atoms with Crippen LogP contribution in [0.1, 0.15) is 39.5 Å². The summed E-state index contributed by atoms with van der Waals surface area (Å²) in [4.78, 5) is 0. The lowest BCUT2D eigenvalue weighted by molar-refractivity contribution is 0.673. The summed E-state index contributed by atoms with van der Waals surface area (Å²) in [5, 5.41) is 0.878. The van der Waals surface area contributed by atoms with Gasteiger partial charge in [-0.3, -0.25) is 0 Å². The van der Waals surface area contributed by atoms with Crippen LogP contribution in [0.15, 0.2) is 12.7 Å². The van der Waals surface area contributed by atoms with Crippen molar-refractivity contribution in [2.45, 2.75) is 44.8 Å². The van der Waals surface area contributed by atoms with Gasteiger partial charge in [-0.1, -0.05) is 32.8 Å². The monoisotopic (exact) mass is 172 g/mol. The first-order valence-corrected chi connectivity index (χ1v) is 5.62. The van der Waals surface area contributed by atoms with E-state index in [2.05, 4.69) is 32.2 Å². The Kier molecular flexibility index (Phi) is 8.26. The fourth-order valence-corrected chi connectivity index (χ4v) is 2.37. The molecule has 0 aromatic carbocycles. The normalized spacial score (nSPS) is 10.5. The van der Waals surface area contributed by atoms with Gasteiger partial charge in [0, 0.05) is 11.0 Å². The van der Waals surface area contributed by atoms with Gasteiger partial charge in [0.05, 0.1) is 0 Å². The summed E-state index contributed by atoms with van der Waals surface area (Å²) < 4.78 is 0. The molecule has 0 bridgehead atoms. The second-order valence-corrected chi connectivity index (χ2v) is 4.15. The van der Waals surface area contributed by atoms with Crippen molar-refractivity contribution < 1.29 is 0 Å². The molecule has 11 heavy (non-hydrogen) atoms. The Balaban J connectivity index is 3.41. The summed E-state index contributed by atoms with van der Waals surface area (Å²) >= 11 is 2.05. The minimum absolute atomic E-state index is 0.878. The highest BCUT2D eigenvalue weighted by molar-refractivity contribution is 8.00. The van der Waals surface area contributed by atoms with Gasteiger partial charge in [0.2, 0.25) is 0 Å². The van der Waals surface area contributed by atoms with Crippen LogP contribution in [0.25, 0.3) is 0 Å².